The second-order valence-electron chi connectivity index (χ2n) is 4.35. The van der Waals surface area contributed by atoms with Crippen LogP contribution in [0.5, 0.6) is 0 Å². The summed E-state index contributed by atoms with van der Waals surface area (Å²) in [7, 11) is 0. The van der Waals surface area contributed by atoms with E-state index in [0.717, 1.165) is 11.1 Å². The van der Waals surface area contributed by atoms with Gasteiger partial charge in [0.05, 0.1) is 11.1 Å². The Morgan fingerprint density at radius 2 is 1.10 bits per heavy atom. The van der Waals surface area contributed by atoms with Crippen LogP contribution in [0.25, 0.3) is 0 Å². The maximum atomic E-state index is 10.4. The van der Waals surface area contributed by atoms with Crippen molar-refractivity contribution in [1.29, 1.82) is 0 Å². The molecule has 0 unspecified atom stereocenters. The van der Waals surface area contributed by atoms with Crippen LogP contribution in [-0.2, 0) is 19.5 Å². The number of hydrogen-bond donors (Lipinski definition) is 2. The van der Waals surface area contributed by atoms with Gasteiger partial charge in [0.1, 0.15) is 0 Å². The molecular formula is C16H16O4Zn. The van der Waals surface area contributed by atoms with Gasteiger partial charge in [-0.1, -0.05) is 35.4 Å². The first-order valence-corrected chi connectivity index (χ1v) is 6.00. The van der Waals surface area contributed by atoms with Crippen molar-refractivity contribution in [2.75, 3.05) is 0 Å². The Balaban J connectivity index is 0.000000364. The number of carboxylic acids is 2. The third kappa shape index (κ3) is 6.82. The Morgan fingerprint density at radius 3 is 1.29 bits per heavy atom. The van der Waals surface area contributed by atoms with Crippen LogP contribution < -0.4 is 0 Å². The molecule has 2 aromatic carbocycles. The molecule has 2 N–H and O–H groups in total. The largest absolute Gasteiger partial charge is 0.478 e. The summed E-state index contributed by atoms with van der Waals surface area (Å²) in [6, 6.07) is 13.6. The van der Waals surface area contributed by atoms with Crippen LogP contribution >= 0.6 is 0 Å². The van der Waals surface area contributed by atoms with Crippen LogP contribution in [-0.4, -0.2) is 22.2 Å². The molecule has 0 aliphatic heterocycles. The smallest absolute Gasteiger partial charge is 0.335 e. The van der Waals surface area contributed by atoms with E-state index < -0.39 is 11.9 Å². The molecular weight excluding hydrogens is 322 g/mol. The molecule has 0 amide bonds. The molecule has 0 heterocycles. The summed E-state index contributed by atoms with van der Waals surface area (Å²) >= 11 is 0. The number of rotatable bonds is 2. The van der Waals surface area contributed by atoms with E-state index in [-0.39, 0.29) is 19.5 Å². The van der Waals surface area contributed by atoms with E-state index in [1.54, 1.807) is 36.4 Å². The number of carbonyl (C=O) groups is 2. The van der Waals surface area contributed by atoms with Gasteiger partial charge in [-0.05, 0) is 38.1 Å². The SMILES string of the molecule is Cc1cccc(C(=O)O)c1.Cc1cccc(C(=O)O)c1.[Zn]. The fourth-order valence-electron chi connectivity index (χ4n) is 1.56. The van der Waals surface area contributed by atoms with Gasteiger partial charge in [0.25, 0.3) is 0 Å². The third-order valence-corrected chi connectivity index (χ3v) is 2.53. The number of aromatic carboxylic acids is 2. The summed E-state index contributed by atoms with van der Waals surface area (Å²) in [5, 5.41) is 17.0. The Morgan fingerprint density at radius 1 is 0.762 bits per heavy atom. The molecule has 21 heavy (non-hydrogen) atoms. The summed E-state index contributed by atoms with van der Waals surface area (Å²) in [4.78, 5) is 20.7. The Kier molecular flexibility index (Phi) is 8.18. The normalized spacial score (nSPS) is 8.86. The van der Waals surface area contributed by atoms with Crippen molar-refractivity contribution in [2.24, 2.45) is 0 Å². The molecule has 0 saturated heterocycles. The maximum absolute atomic E-state index is 10.4. The van der Waals surface area contributed by atoms with Crippen molar-refractivity contribution in [1.82, 2.24) is 0 Å². The number of carboxylic acid groups (broad SMARTS) is 2. The van der Waals surface area contributed by atoms with Crippen LogP contribution in [0.2, 0.25) is 0 Å². The van der Waals surface area contributed by atoms with Crippen molar-refractivity contribution in [3.63, 3.8) is 0 Å². The van der Waals surface area contributed by atoms with E-state index >= 15 is 0 Å². The summed E-state index contributed by atoms with van der Waals surface area (Å²) in [5.74, 6) is -1.74. The van der Waals surface area contributed by atoms with Gasteiger partial charge in [0, 0.05) is 19.5 Å². The van der Waals surface area contributed by atoms with Gasteiger partial charge in [0.2, 0.25) is 0 Å². The first kappa shape index (κ1) is 19.0. The van der Waals surface area contributed by atoms with Gasteiger partial charge in [-0.15, -0.1) is 0 Å². The molecule has 0 saturated carbocycles. The van der Waals surface area contributed by atoms with Crippen molar-refractivity contribution in [3.05, 3.63) is 70.8 Å². The van der Waals surface area contributed by atoms with Crippen molar-refractivity contribution < 1.29 is 39.3 Å². The summed E-state index contributed by atoms with van der Waals surface area (Å²) in [5.41, 5.74) is 2.64. The molecule has 5 heteroatoms. The third-order valence-electron chi connectivity index (χ3n) is 2.53. The average Bonchev–Trinajstić information content (AvgIpc) is 2.39. The van der Waals surface area contributed by atoms with E-state index in [2.05, 4.69) is 0 Å². The Hall–Kier alpha value is -2.00. The Labute approximate surface area is 136 Å². The van der Waals surface area contributed by atoms with Gasteiger partial charge >= 0.3 is 11.9 Å². The van der Waals surface area contributed by atoms with Crippen molar-refractivity contribution in [3.8, 4) is 0 Å². The van der Waals surface area contributed by atoms with Gasteiger partial charge < -0.3 is 10.2 Å². The standard InChI is InChI=1S/2C8H8O2.Zn/c2*1-6-3-2-4-7(5-6)8(9)10;/h2*2-5H,1H3,(H,9,10);. The first-order valence-electron chi connectivity index (χ1n) is 6.00. The fraction of sp³-hybridized carbons (Fsp3) is 0.125. The summed E-state index contributed by atoms with van der Waals surface area (Å²) < 4.78 is 0. The fourth-order valence-corrected chi connectivity index (χ4v) is 1.56. The molecule has 2 rings (SSSR count). The topological polar surface area (TPSA) is 74.6 Å². The molecule has 0 aromatic heterocycles. The van der Waals surface area contributed by atoms with E-state index in [1.807, 2.05) is 26.0 Å². The van der Waals surface area contributed by atoms with Gasteiger partial charge in [-0.3, -0.25) is 0 Å². The minimum atomic E-state index is -0.872. The van der Waals surface area contributed by atoms with Crippen LogP contribution in [0.15, 0.2) is 48.5 Å². The van der Waals surface area contributed by atoms with Crippen molar-refractivity contribution >= 4 is 11.9 Å². The molecule has 0 aliphatic rings. The predicted molar refractivity (Wildman–Crippen MR) is 76.3 cm³/mol. The molecule has 0 radical (unpaired) electrons. The van der Waals surface area contributed by atoms with Crippen molar-refractivity contribution in [2.45, 2.75) is 13.8 Å². The second-order valence-corrected chi connectivity index (χ2v) is 4.35. The minimum absolute atomic E-state index is 0. The molecule has 4 nitrogen and oxygen atoms in total. The van der Waals surface area contributed by atoms with Crippen LogP contribution in [0.3, 0.4) is 0 Å². The van der Waals surface area contributed by atoms with E-state index in [0.29, 0.717) is 11.1 Å². The Bertz CT molecular complexity index is 568. The second kappa shape index (κ2) is 9.03. The zero-order chi connectivity index (χ0) is 15.1. The first-order chi connectivity index (χ1) is 9.40. The predicted octanol–water partition coefficient (Wildman–Crippen LogP) is 3.38. The van der Waals surface area contributed by atoms with Gasteiger partial charge in [0.15, 0.2) is 0 Å². The molecule has 2 aromatic rings. The molecule has 0 spiro atoms. The minimum Gasteiger partial charge on any atom is -0.478 e. The number of benzene rings is 2. The van der Waals surface area contributed by atoms with Gasteiger partial charge in [-0.25, -0.2) is 9.59 Å². The zero-order valence-electron chi connectivity index (χ0n) is 12.0. The quantitative estimate of drug-likeness (QED) is 0.824. The molecule has 0 aliphatic carbocycles. The van der Waals surface area contributed by atoms with Crippen LogP contribution in [0, 0.1) is 13.8 Å². The number of aryl methyl sites for hydroxylation is 2. The monoisotopic (exact) mass is 336 g/mol. The summed E-state index contributed by atoms with van der Waals surface area (Å²) in [6.07, 6.45) is 0. The zero-order valence-corrected chi connectivity index (χ0v) is 15.0. The van der Waals surface area contributed by atoms with Crippen LogP contribution in [0.4, 0.5) is 0 Å². The summed E-state index contributed by atoms with van der Waals surface area (Å²) in [6.45, 7) is 3.74. The maximum Gasteiger partial charge on any atom is 0.335 e. The van der Waals surface area contributed by atoms with E-state index in [1.165, 1.54) is 0 Å². The molecule has 106 valence electrons. The molecule has 0 fully saturated rings. The molecule has 0 bridgehead atoms. The average molecular weight is 338 g/mol. The van der Waals surface area contributed by atoms with Gasteiger partial charge in [-0.2, -0.15) is 0 Å². The van der Waals surface area contributed by atoms with E-state index in [9.17, 15) is 9.59 Å². The molecule has 0 atom stereocenters. The number of hydrogen-bond acceptors (Lipinski definition) is 2. The van der Waals surface area contributed by atoms with Crippen LogP contribution in [0.1, 0.15) is 31.8 Å². The van der Waals surface area contributed by atoms with E-state index in [4.69, 9.17) is 10.2 Å².